The van der Waals surface area contributed by atoms with Gasteiger partial charge in [0.05, 0.1) is 32.0 Å². The van der Waals surface area contributed by atoms with Crippen LogP contribution >= 0.6 is 0 Å². The lowest BCUT2D eigenvalue weighted by molar-refractivity contribution is -0.142. The van der Waals surface area contributed by atoms with Crippen LogP contribution in [0.2, 0.25) is 0 Å². The zero-order valence-electron chi connectivity index (χ0n) is 12.6. The van der Waals surface area contributed by atoms with E-state index in [4.69, 9.17) is 14.6 Å². The predicted octanol–water partition coefficient (Wildman–Crippen LogP) is 2.08. The van der Waals surface area contributed by atoms with Gasteiger partial charge in [-0.1, -0.05) is 0 Å². The lowest BCUT2D eigenvalue weighted by atomic mass is 9.88. The summed E-state index contributed by atoms with van der Waals surface area (Å²) < 4.78 is 12.4. The Hall–Kier alpha value is -2.50. The Kier molecular flexibility index (Phi) is 3.75. The van der Waals surface area contributed by atoms with Crippen molar-refractivity contribution in [1.82, 2.24) is 9.78 Å². The van der Waals surface area contributed by atoms with Gasteiger partial charge in [-0.2, -0.15) is 5.10 Å². The molecule has 0 radical (unpaired) electrons. The maximum absolute atomic E-state index is 11.1. The average Bonchev–Trinajstić information content (AvgIpc) is 2.97. The largest absolute Gasteiger partial charge is 0.497 e. The summed E-state index contributed by atoms with van der Waals surface area (Å²) in [4.78, 5) is 11.1. The van der Waals surface area contributed by atoms with Gasteiger partial charge in [-0.25, -0.2) is 4.68 Å². The molecule has 1 aliphatic carbocycles. The minimum atomic E-state index is -0.735. The van der Waals surface area contributed by atoms with E-state index in [9.17, 15) is 4.79 Å². The average molecular weight is 302 g/mol. The molecule has 1 heterocycles. The first-order chi connectivity index (χ1) is 10.6. The Morgan fingerprint density at radius 2 is 1.95 bits per heavy atom. The van der Waals surface area contributed by atoms with Crippen LogP contribution in [0, 0.1) is 5.92 Å². The highest BCUT2D eigenvalue weighted by Gasteiger charge is 2.27. The van der Waals surface area contributed by atoms with E-state index in [0.717, 1.165) is 16.9 Å². The van der Waals surface area contributed by atoms with Gasteiger partial charge in [0.2, 0.25) is 0 Å². The molecule has 116 valence electrons. The first-order valence-electron chi connectivity index (χ1n) is 7.14. The number of methoxy groups -OCH3 is 2. The highest BCUT2D eigenvalue weighted by Crippen LogP contribution is 2.30. The Labute approximate surface area is 128 Å². The maximum Gasteiger partial charge on any atom is 0.306 e. The first kappa shape index (κ1) is 14.4. The highest BCUT2D eigenvalue weighted by molar-refractivity contribution is 5.71. The van der Waals surface area contributed by atoms with E-state index in [1.54, 1.807) is 26.5 Å². The van der Waals surface area contributed by atoms with E-state index in [1.807, 2.05) is 16.8 Å². The van der Waals surface area contributed by atoms with Gasteiger partial charge in [0.1, 0.15) is 11.5 Å². The third-order valence-corrected chi connectivity index (χ3v) is 4.08. The summed E-state index contributed by atoms with van der Waals surface area (Å²) in [6.45, 7) is 0. The Morgan fingerprint density at radius 3 is 2.55 bits per heavy atom. The number of hydrogen-bond donors (Lipinski definition) is 1. The smallest absolute Gasteiger partial charge is 0.306 e. The van der Waals surface area contributed by atoms with Gasteiger partial charge >= 0.3 is 5.97 Å². The first-order valence-corrected chi connectivity index (χ1v) is 7.14. The molecule has 0 saturated heterocycles. The monoisotopic (exact) mass is 302 g/mol. The summed E-state index contributed by atoms with van der Waals surface area (Å²) >= 11 is 0. The van der Waals surface area contributed by atoms with Crippen molar-refractivity contribution >= 4 is 5.97 Å². The van der Waals surface area contributed by atoms with Crippen molar-refractivity contribution in [1.29, 1.82) is 0 Å². The van der Waals surface area contributed by atoms with Gasteiger partial charge in [0, 0.05) is 23.9 Å². The standard InChI is InChI=1S/C16H18N2O4/c1-21-13-6-12(7-14(8-13)22-2)18-15-4-3-10(16(19)20)5-11(15)9-17-18/h6-10H,3-5H2,1-2H3,(H,19,20). The number of fused-ring (bicyclic) bond motifs is 1. The van der Waals surface area contributed by atoms with Crippen molar-refractivity contribution in [3.8, 4) is 17.2 Å². The molecular weight excluding hydrogens is 284 g/mol. The van der Waals surface area contributed by atoms with Crippen molar-refractivity contribution in [2.24, 2.45) is 5.92 Å². The van der Waals surface area contributed by atoms with Crippen molar-refractivity contribution < 1.29 is 19.4 Å². The van der Waals surface area contributed by atoms with Crippen LogP contribution in [0.1, 0.15) is 17.7 Å². The maximum atomic E-state index is 11.1. The third-order valence-electron chi connectivity index (χ3n) is 4.08. The summed E-state index contributed by atoms with van der Waals surface area (Å²) in [5.41, 5.74) is 2.92. The number of carbonyl (C=O) groups is 1. The number of aromatic nitrogens is 2. The lowest BCUT2D eigenvalue weighted by Gasteiger charge is -2.20. The normalized spacial score (nSPS) is 16.9. The van der Waals surface area contributed by atoms with Crippen LogP contribution in [-0.4, -0.2) is 35.1 Å². The second kappa shape index (κ2) is 5.71. The van der Waals surface area contributed by atoms with Crippen LogP contribution in [0.15, 0.2) is 24.4 Å². The van der Waals surface area contributed by atoms with Gasteiger partial charge in [0.15, 0.2) is 0 Å². The SMILES string of the molecule is COc1cc(OC)cc(-n2ncc3c2CCC(C(=O)O)C3)c1. The van der Waals surface area contributed by atoms with E-state index < -0.39 is 5.97 Å². The van der Waals surface area contributed by atoms with Crippen LogP contribution < -0.4 is 9.47 Å². The van der Waals surface area contributed by atoms with Crippen molar-refractivity contribution in [3.63, 3.8) is 0 Å². The summed E-state index contributed by atoms with van der Waals surface area (Å²) in [6, 6.07) is 5.58. The number of aliphatic carboxylic acids is 1. The molecule has 0 spiro atoms. The molecule has 2 aromatic rings. The van der Waals surface area contributed by atoms with E-state index in [-0.39, 0.29) is 5.92 Å². The van der Waals surface area contributed by atoms with Crippen molar-refractivity contribution in [2.45, 2.75) is 19.3 Å². The van der Waals surface area contributed by atoms with Crippen LogP contribution in [0.25, 0.3) is 5.69 Å². The van der Waals surface area contributed by atoms with Gasteiger partial charge in [-0.3, -0.25) is 4.79 Å². The van der Waals surface area contributed by atoms with Gasteiger partial charge in [-0.05, 0) is 24.8 Å². The molecule has 0 saturated carbocycles. The molecule has 22 heavy (non-hydrogen) atoms. The minimum absolute atomic E-state index is 0.315. The van der Waals surface area contributed by atoms with E-state index in [1.165, 1.54) is 0 Å². The molecule has 0 bridgehead atoms. The molecule has 0 amide bonds. The Bertz CT molecular complexity index is 686. The number of carboxylic acids is 1. The summed E-state index contributed by atoms with van der Waals surface area (Å²) in [6.07, 6.45) is 3.63. The number of rotatable bonds is 4. The predicted molar refractivity (Wildman–Crippen MR) is 79.8 cm³/mol. The topological polar surface area (TPSA) is 73.6 Å². The molecule has 0 fully saturated rings. The lowest BCUT2D eigenvalue weighted by Crippen LogP contribution is -2.22. The molecule has 0 aliphatic heterocycles. The van der Waals surface area contributed by atoms with Crippen LogP contribution in [0.4, 0.5) is 0 Å². The number of nitrogens with zero attached hydrogens (tertiary/aromatic N) is 2. The fourth-order valence-electron chi connectivity index (χ4n) is 2.87. The van der Waals surface area contributed by atoms with Crippen LogP contribution in [0.5, 0.6) is 11.5 Å². The summed E-state index contributed by atoms with van der Waals surface area (Å²) in [5.74, 6) is 0.335. The Balaban J connectivity index is 1.99. The number of hydrogen-bond acceptors (Lipinski definition) is 4. The minimum Gasteiger partial charge on any atom is -0.497 e. The van der Waals surface area contributed by atoms with Crippen LogP contribution in [0.3, 0.4) is 0 Å². The molecule has 1 atom stereocenters. The second-order valence-corrected chi connectivity index (χ2v) is 5.38. The van der Waals surface area contributed by atoms with E-state index in [2.05, 4.69) is 5.10 Å². The molecule has 1 aromatic carbocycles. The van der Waals surface area contributed by atoms with Crippen molar-refractivity contribution in [2.75, 3.05) is 14.2 Å². The molecule has 3 rings (SSSR count). The molecule has 6 heteroatoms. The third kappa shape index (κ3) is 2.52. The van der Waals surface area contributed by atoms with Gasteiger partial charge in [-0.15, -0.1) is 0 Å². The fourth-order valence-corrected chi connectivity index (χ4v) is 2.87. The molecular formula is C16H18N2O4. The zero-order chi connectivity index (χ0) is 15.7. The quantitative estimate of drug-likeness (QED) is 0.936. The summed E-state index contributed by atoms with van der Waals surface area (Å²) in [7, 11) is 3.21. The van der Waals surface area contributed by atoms with Gasteiger partial charge in [0.25, 0.3) is 0 Å². The molecule has 1 N–H and O–H groups in total. The Morgan fingerprint density at radius 1 is 1.27 bits per heavy atom. The molecule has 6 nitrogen and oxygen atoms in total. The van der Waals surface area contributed by atoms with Gasteiger partial charge < -0.3 is 14.6 Å². The van der Waals surface area contributed by atoms with E-state index in [0.29, 0.717) is 30.8 Å². The fraction of sp³-hybridized carbons (Fsp3) is 0.375. The van der Waals surface area contributed by atoms with Crippen molar-refractivity contribution in [3.05, 3.63) is 35.7 Å². The zero-order valence-corrected chi connectivity index (χ0v) is 12.6. The highest BCUT2D eigenvalue weighted by atomic mass is 16.5. The second-order valence-electron chi connectivity index (χ2n) is 5.38. The number of benzene rings is 1. The van der Waals surface area contributed by atoms with E-state index >= 15 is 0 Å². The molecule has 1 unspecified atom stereocenters. The number of carboxylic acid groups (broad SMARTS) is 1. The molecule has 1 aliphatic rings. The molecule has 1 aromatic heterocycles. The number of ether oxygens (including phenoxy) is 2. The summed E-state index contributed by atoms with van der Waals surface area (Å²) in [5, 5.41) is 13.6. The van der Waals surface area contributed by atoms with Crippen LogP contribution in [-0.2, 0) is 17.6 Å².